The first kappa shape index (κ1) is 20.4. The molecular formula is C20H25N7O2. The Labute approximate surface area is 169 Å². The van der Waals surface area contributed by atoms with Crippen molar-refractivity contribution >= 4 is 17.5 Å². The fourth-order valence-electron chi connectivity index (χ4n) is 2.78. The summed E-state index contributed by atoms with van der Waals surface area (Å²) in [4.78, 5) is 24.8. The molecule has 0 fully saturated rings. The van der Waals surface area contributed by atoms with Gasteiger partial charge in [-0.05, 0) is 39.8 Å². The van der Waals surface area contributed by atoms with Gasteiger partial charge in [-0.25, -0.2) is 15.0 Å². The molecule has 3 aromatic heterocycles. The van der Waals surface area contributed by atoms with E-state index in [0.29, 0.717) is 35.0 Å². The van der Waals surface area contributed by atoms with E-state index in [1.807, 2.05) is 24.7 Å². The lowest BCUT2D eigenvalue weighted by molar-refractivity contribution is 0.101. The molecule has 0 saturated heterocycles. The highest BCUT2D eigenvalue weighted by atomic mass is 16.3. The number of carbonyl (C=O) groups excluding carboxylic acids is 1. The number of anilines is 2. The van der Waals surface area contributed by atoms with Gasteiger partial charge >= 0.3 is 0 Å². The molecule has 3 heterocycles. The summed E-state index contributed by atoms with van der Waals surface area (Å²) in [6.07, 6.45) is 4.63. The van der Waals surface area contributed by atoms with Gasteiger partial charge in [0.25, 0.3) is 0 Å². The van der Waals surface area contributed by atoms with Crippen molar-refractivity contribution in [1.29, 1.82) is 0 Å². The van der Waals surface area contributed by atoms with Crippen LogP contribution in [0.1, 0.15) is 44.1 Å². The van der Waals surface area contributed by atoms with E-state index in [2.05, 4.69) is 20.3 Å². The van der Waals surface area contributed by atoms with Crippen LogP contribution in [-0.4, -0.2) is 48.3 Å². The van der Waals surface area contributed by atoms with Crippen LogP contribution >= 0.6 is 0 Å². The maximum absolute atomic E-state index is 11.9. The van der Waals surface area contributed by atoms with Crippen molar-refractivity contribution in [2.45, 2.75) is 39.8 Å². The summed E-state index contributed by atoms with van der Waals surface area (Å²) in [7, 11) is 0. The van der Waals surface area contributed by atoms with Gasteiger partial charge in [0.1, 0.15) is 11.5 Å². The quantitative estimate of drug-likeness (QED) is 0.520. The van der Waals surface area contributed by atoms with Crippen LogP contribution in [0.2, 0.25) is 0 Å². The lowest BCUT2D eigenvalue weighted by atomic mass is 10.0. The number of pyridine rings is 1. The molecule has 0 aliphatic heterocycles. The zero-order chi connectivity index (χ0) is 21.1. The number of nitrogens with two attached hydrogens (primary N) is 1. The number of carbonyl (C=O) groups is 1. The number of Topliss-reactive ketones (excluding diaryl/α,β-unsaturated/α-hetero) is 1. The molecule has 0 spiro atoms. The van der Waals surface area contributed by atoms with E-state index in [9.17, 15) is 9.90 Å². The average molecular weight is 395 g/mol. The van der Waals surface area contributed by atoms with Crippen molar-refractivity contribution in [2.75, 3.05) is 17.6 Å². The standard InChI is InChI=1S/C20H25N7O2/c1-11(2)27-10-16(17-5-6-22-20(25-17)24-8-12(3)28)18(26-27)14-7-15(13(4)29)19(21)23-9-14/h5-7,9-12,28H,8H2,1-4H3,(H2,21,23)(H,22,24,25)/t12-/m0/s1. The zero-order valence-electron chi connectivity index (χ0n) is 16.9. The van der Waals surface area contributed by atoms with Crippen LogP contribution in [0, 0.1) is 0 Å². The maximum Gasteiger partial charge on any atom is 0.223 e. The first-order valence-electron chi connectivity index (χ1n) is 9.37. The molecule has 152 valence electrons. The van der Waals surface area contributed by atoms with Crippen molar-refractivity contribution in [3.05, 3.63) is 36.3 Å². The molecule has 0 aliphatic carbocycles. The van der Waals surface area contributed by atoms with E-state index in [1.165, 1.54) is 6.92 Å². The van der Waals surface area contributed by atoms with Crippen molar-refractivity contribution in [3.63, 3.8) is 0 Å². The summed E-state index contributed by atoms with van der Waals surface area (Å²) >= 11 is 0. The summed E-state index contributed by atoms with van der Waals surface area (Å²) in [6.45, 7) is 7.53. The molecular weight excluding hydrogens is 370 g/mol. The van der Waals surface area contributed by atoms with Gasteiger partial charge in [0.05, 0.1) is 17.4 Å². The third-order valence-electron chi connectivity index (χ3n) is 4.32. The third-order valence-corrected chi connectivity index (χ3v) is 4.32. The average Bonchev–Trinajstić information content (AvgIpc) is 3.12. The van der Waals surface area contributed by atoms with Crippen LogP contribution < -0.4 is 11.1 Å². The predicted molar refractivity (Wildman–Crippen MR) is 111 cm³/mol. The highest BCUT2D eigenvalue weighted by Crippen LogP contribution is 2.32. The molecule has 0 amide bonds. The minimum Gasteiger partial charge on any atom is -0.392 e. The van der Waals surface area contributed by atoms with Crippen LogP contribution in [-0.2, 0) is 0 Å². The Kier molecular flexibility index (Phi) is 5.88. The van der Waals surface area contributed by atoms with E-state index in [4.69, 9.17) is 10.8 Å². The molecule has 0 aromatic carbocycles. The van der Waals surface area contributed by atoms with Gasteiger partial charge < -0.3 is 16.2 Å². The molecule has 3 aromatic rings. The molecule has 0 unspecified atom stereocenters. The Morgan fingerprint density at radius 1 is 1.31 bits per heavy atom. The molecule has 4 N–H and O–H groups in total. The number of nitrogens with one attached hydrogen (secondary N) is 1. The van der Waals surface area contributed by atoms with Crippen LogP contribution in [0.3, 0.4) is 0 Å². The van der Waals surface area contributed by atoms with E-state index in [1.54, 1.807) is 31.5 Å². The Hall–Kier alpha value is -3.33. The van der Waals surface area contributed by atoms with Gasteiger partial charge in [-0.2, -0.15) is 5.10 Å². The van der Waals surface area contributed by atoms with Gasteiger partial charge in [-0.3, -0.25) is 9.48 Å². The van der Waals surface area contributed by atoms with E-state index in [-0.39, 0.29) is 17.6 Å². The predicted octanol–water partition coefficient (Wildman–Crippen LogP) is 2.56. The number of aromatic nitrogens is 5. The molecule has 0 saturated carbocycles. The highest BCUT2D eigenvalue weighted by Gasteiger charge is 2.18. The minimum absolute atomic E-state index is 0.131. The van der Waals surface area contributed by atoms with Crippen LogP contribution in [0.5, 0.6) is 0 Å². The van der Waals surface area contributed by atoms with Gasteiger partial charge in [0.15, 0.2) is 5.78 Å². The Bertz CT molecular complexity index is 1030. The molecule has 9 heteroatoms. The Morgan fingerprint density at radius 3 is 2.72 bits per heavy atom. The van der Waals surface area contributed by atoms with Gasteiger partial charge in [-0.1, -0.05) is 0 Å². The number of nitrogens with zero attached hydrogens (tertiary/aromatic N) is 5. The Balaban J connectivity index is 2.10. The summed E-state index contributed by atoms with van der Waals surface area (Å²) in [5, 5.41) is 17.2. The normalized spacial score (nSPS) is 12.2. The maximum atomic E-state index is 11.9. The summed E-state index contributed by atoms with van der Waals surface area (Å²) in [6, 6.07) is 3.62. The van der Waals surface area contributed by atoms with Crippen molar-refractivity contribution in [1.82, 2.24) is 24.7 Å². The van der Waals surface area contributed by atoms with Crippen LogP contribution in [0.25, 0.3) is 22.5 Å². The fourth-order valence-corrected chi connectivity index (χ4v) is 2.78. The molecule has 1 atom stereocenters. The number of rotatable bonds is 7. The SMILES string of the molecule is CC(=O)c1cc(-c2nn(C(C)C)cc2-c2ccnc(NC[C@H](C)O)n2)cnc1N. The first-order chi connectivity index (χ1) is 13.8. The second-order valence-electron chi connectivity index (χ2n) is 7.17. The fraction of sp³-hybridized carbons (Fsp3) is 0.350. The number of ketones is 1. The molecule has 29 heavy (non-hydrogen) atoms. The topological polar surface area (TPSA) is 132 Å². The molecule has 0 aliphatic rings. The largest absolute Gasteiger partial charge is 0.392 e. The molecule has 9 nitrogen and oxygen atoms in total. The molecule has 0 bridgehead atoms. The number of aliphatic hydroxyl groups is 1. The number of hydrogen-bond donors (Lipinski definition) is 3. The lowest BCUT2D eigenvalue weighted by Crippen LogP contribution is -2.16. The second-order valence-corrected chi connectivity index (χ2v) is 7.17. The van der Waals surface area contributed by atoms with Crippen LogP contribution in [0.15, 0.2) is 30.7 Å². The summed E-state index contributed by atoms with van der Waals surface area (Å²) in [5.41, 5.74) is 8.96. The zero-order valence-corrected chi connectivity index (χ0v) is 16.9. The van der Waals surface area contributed by atoms with E-state index in [0.717, 1.165) is 5.56 Å². The third kappa shape index (κ3) is 4.57. The highest BCUT2D eigenvalue weighted by molar-refractivity contribution is 5.99. The molecule has 3 rings (SSSR count). The van der Waals surface area contributed by atoms with Crippen LogP contribution in [0.4, 0.5) is 11.8 Å². The molecule has 0 radical (unpaired) electrons. The Morgan fingerprint density at radius 2 is 2.07 bits per heavy atom. The van der Waals surface area contributed by atoms with Gasteiger partial charge in [-0.15, -0.1) is 0 Å². The first-order valence-corrected chi connectivity index (χ1v) is 9.37. The lowest BCUT2D eigenvalue weighted by Gasteiger charge is -2.08. The number of aliphatic hydroxyl groups excluding tert-OH is 1. The smallest absolute Gasteiger partial charge is 0.223 e. The second kappa shape index (κ2) is 8.36. The number of hydrogen-bond acceptors (Lipinski definition) is 8. The van der Waals surface area contributed by atoms with Gasteiger partial charge in [0, 0.05) is 42.3 Å². The van der Waals surface area contributed by atoms with E-state index < -0.39 is 6.10 Å². The van der Waals surface area contributed by atoms with Gasteiger partial charge in [0.2, 0.25) is 5.95 Å². The summed E-state index contributed by atoms with van der Waals surface area (Å²) < 4.78 is 1.83. The monoisotopic (exact) mass is 395 g/mol. The van der Waals surface area contributed by atoms with Crippen molar-refractivity contribution in [2.24, 2.45) is 0 Å². The van der Waals surface area contributed by atoms with Crippen molar-refractivity contribution in [3.8, 4) is 22.5 Å². The summed E-state index contributed by atoms with van der Waals surface area (Å²) in [5.74, 6) is 0.442. The van der Waals surface area contributed by atoms with E-state index >= 15 is 0 Å². The number of nitrogen functional groups attached to an aromatic ring is 1. The minimum atomic E-state index is -0.521. The van der Waals surface area contributed by atoms with Crippen molar-refractivity contribution < 1.29 is 9.90 Å².